The molecule has 106 valence electrons. The van der Waals surface area contributed by atoms with Gasteiger partial charge in [0.1, 0.15) is 11.6 Å². The van der Waals surface area contributed by atoms with Crippen molar-refractivity contribution in [1.29, 1.82) is 0 Å². The van der Waals surface area contributed by atoms with Crippen molar-refractivity contribution in [2.24, 2.45) is 4.99 Å². The number of aliphatic imine (C=N–C) groups is 1. The van der Waals surface area contributed by atoms with E-state index < -0.39 is 0 Å². The van der Waals surface area contributed by atoms with Crippen molar-refractivity contribution in [2.75, 3.05) is 17.7 Å². The quantitative estimate of drug-likeness (QED) is 0.867. The molecular weight excluding hydrogens is 262 g/mol. The smallest absolute Gasteiger partial charge is 0.132 e. The van der Waals surface area contributed by atoms with Gasteiger partial charge in [0.05, 0.1) is 18.5 Å². The van der Waals surface area contributed by atoms with Gasteiger partial charge in [-0.15, -0.1) is 0 Å². The Hall–Kier alpha value is -2.75. The number of amidine groups is 1. The third-order valence-electron chi connectivity index (χ3n) is 3.19. The maximum absolute atomic E-state index is 5.16. The Morgan fingerprint density at radius 3 is 2.57 bits per heavy atom. The molecule has 2 aromatic rings. The van der Waals surface area contributed by atoms with E-state index in [1.54, 1.807) is 7.11 Å². The summed E-state index contributed by atoms with van der Waals surface area (Å²) >= 11 is 0. The van der Waals surface area contributed by atoms with Gasteiger partial charge in [-0.3, -0.25) is 0 Å². The first-order chi connectivity index (χ1) is 10.2. The van der Waals surface area contributed by atoms with Crippen molar-refractivity contribution in [2.45, 2.75) is 6.92 Å². The van der Waals surface area contributed by atoms with Crippen LogP contribution in [-0.4, -0.2) is 12.9 Å². The molecule has 2 aromatic carbocycles. The molecule has 3 rings (SSSR count). The van der Waals surface area contributed by atoms with Crippen LogP contribution in [0, 0.1) is 0 Å². The molecule has 2 N–H and O–H groups in total. The number of nitrogens with zero attached hydrogens (tertiary/aromatic N) is 1. The molecule has 0 bridgehead atoms. The average Bonchev–Trinajstić information content (AvgIpc) is 2.65. The summed E-state index contributed by atoms with van der Waals surface area (Å²) in [4.78, 5) is 4.66. The van der Waals surface area contributed by atoms with Gasteiger partial charge in [-0.2, -0.15) is 0 Å². The van der Waals surface area contributed by atoms with Crippen molar-refractivity contribution < 1.29 is 4.74 Å². The van der Waals surface area contributed by atoms with Crippen LogP contribution in [0.3, 0.4) is 0 Å². The van der Waals surface area contributed by atoms with Crippen LogP contribution in [0.15, 0.2) is 65.3 Å². The van der Waals surface area contributed by atoms with Gasteiger partial charge in [-0.25, -0.2) is 4.99 Å². The van der Waals surface area contributed by atoms with Crippen LogP contribution < -0.4 is 15.4 Å². The molecule has 0 saturated heterocycles. The fourth-order valence-corrected chi connectivity index (χ4v) is 2.18. The maximum Gasteiger partial charge on any atom is 0.132 e. The maximum atomic E-state index is 5.16. The number of ether oxygens (including phenoxy) is 1. The van der Waals surface area contributed by atoms with Crippen LogP contribution in [0.1, 0.15) is 6.92 Å². The van der Waals surface area contributed by atoms with E-state index in [2.05, 4.69) is 15.6 Å². The molecule has 1 heterocycles. The molecule has 1 aliphatic heterocycles. The first-order valence-electron chi connectivity index (χ1n) is 6.79. The Balaban J connectivity index is 1.89. The minimum atomic E-state index is 0.801. The molecule has 0 atom stereocenters. The summed E-state index contributed by atoms with van der Waals surface area (Å²) in [7, 11) is 1.66. The van der Waals surface area contributed by atoms with Gasteiger partial charge >= 0.3 is 0 Å². The van der Waals surface area contributed by atoms with Gasteiger partial charge in [0.15, 0.2) is 0 Å². The van der Waals surface area contributed by atoms with Crippen LogP contribution >= 0.6 is 0 Å². The molecular formula is C17H17N3O. The molecule has 0 aromatic heterocycles. The van der Waals surface area contributed by atoms with Crippen LogP contribution in [0.4, 0.5) is 17.1 Å². The highest BCUT2D eigenvalue weighted by Gasteiger charge is 2.08. The van der Waals surface area contributed by atoms with Gasteiger partial charge < -0.3 is 15.4 Å². The molecule has 21 heavy (non-hydrogen) atoms. The molecule has 0 fully saturated rings. The second-order valence-electron chi connectivity index (χ2n) is 4.82. The number of rotatable bonds is 2. The van der Waals surface area contributed by atoms with E-state index in [1.165, 1.54) is 0 Å². The van der Waals surface area contributed by atoms with Gasteiger partial charge in [-0.05, 0) is 49.4 Å². The summed E-state index contributed by atoms with van der Waals surface area (Å²) in [5, 5.41) is 6.66. The molecule has 0 radical (unpaired) electrons. The van der Waals surface area contributed by atoms with Crippen LogP contribution in [0.25, 0.3) is 0 Å². The normalized spacial score (nSPS) is 13.2. The van der Waals surface area contributed by atoms with Crippen molar-refractivity contribution in [3.05, 3.63) is 60.3 Å². The van der Waals surface area contributed by atoms with Crippen LogP contribution in [0.2, 0.25) is 0 Å². The Bertz CT molecular complexity index is 702. The standard InChI is InChI=1S/C17H17N3O/c1-12-11-17(19-13-7-9-14(21-2)10-8-13)20-16-6-4-3-5-15(16)18-12/h3-11,18H,1-2H3,(H,19,20). The summed E-state index contributed by atoms with van der Waals surface area (Å²) in [6.07, 6.45) is 1.99. The number of nitrogens with one attached hydrogen (secondary N) is 2. The lowest BCUT2D eigenvalue weighted by Gasteiger charge is -2.07. The average molecular weight is 279 g/mol. The van der Waals surface area contributed by atoms with Crippen molar-refractivity contribution in [3.8, 4) is 5.75 Å². The molecule has 1 aliphatic rings. The fraction of sp³-hybridized carbons (Fsp3) is 0.118. The lowest BCUT2D eigenvalue weighted by atomic mass is 10.2. The fourth-order valence-electron chi connectivity index (χ4n) is 2.18. The molecule has 0 saturated carbocycles. The van der Waals surface area contributed by atoms with E-state index in [9.17, 15) is 0 Å². The SMILES string of the molecule is COc1ccc(NC2=Nc3ccccc3NC(C)=C2)cc1. The third kappa shape index (κ3) is 3.05. The van der Waals surface area contributed by atoms with E-state index in [-0.39, 0.29) is 0 Å². The minimum absolute atomic E-state index is 0.801. The molecule has 0 unspecified atom stereocenters. The van der Waals surface area contributed by atoms with E-state index in [0.717, 1.165) is 34.3 Å². The third-order valence-corrected chi connectivity index (χ3v) is 3.19. The number of anilines is 2. The predicted octanol–water partition coefficient (Wildman–Crippen LogP) is 4.17. The number of benzene rings is 2. The van der Waals surface area contributed by atoms with Gasteiger partial charge in [0.2, 0.25) is 0 Å². The van der Waals surface area contributed by atoms with Crippen molar-refractivity contribution in [3.63, 3.8) is 0 Å². The predicted molar refractivity (Wildman–Crippen MR) is 87.5 cm³/mol. The topological polar surface area (TPSA) is 45.6 Å². The summed E-state index contributed by atoms with van der Waals surface area (Å²) < 4.78 is 5.16. The zero-order valence-corrected chi connectivity index (χ0v) is 12.1. The summed E-state index contributed by atoms with van der Waals surface area (Å²) in [6.45, 7) is 2.02. The molecule has 0 spiro atoms. The van der Waals surface area contributed by atoms with Crippen molar-refractivity contribution >= 4 is 22.9 Å². The lowest BCUT2D eigenvalue weighted by Crippen LogP contribution is -2.09. The van der Waals surface area contributed by atoms with E-state index in [4.69, 9.17) is 4.74 Å². The minimum Gasteiger partial charge on any atom is -0.497 e. The lowest BCUT2D eigenvalue weighted by molar-refractivity contribution is 0.415. The molecule has 0 amide bonds. The van der Waals surface area contributed by atoms with Crippen LogP contribution in [-0.2, 0) is 0 Å². The zero-order chi connectivity index (χ0) is 14.7. The van der Waals surface area contributed by atoms with E-state index >= 15 is 0 Å². The molecule has 4 heteroatoms. The van der Waals surface area contributed by atoms with Gasteiger partial charge in [0.25, 0.3) is 0 Å². The number of hydrogen-bond donors (Lipinski definition) is 2. The number of hydrogen-bond acceptors (Lipinski definition) is 4. The number of para-hydroxylation sites is 2. The Kier molecular flexibility index (Phi) is 3.60. The van der Waals surface area contributed by atoms with E-state index in [0.29, 0.717) is 0 Å². The Morgan fingerprint density at radius 1 is 1.05 bits per heavy atom. The highest BCUT2D eigenvalue weighted by atomic mass is 16.5. The summed E-state index contributed by atoms with van der Waals surface area (Å²) in [6, 6.07) is 15.8. The number of allylic oxidation sites excluding steroid dienone is 1. The second kappa shape index (κ2) is 5.71. The second-order valence-corrected chi connectivity index (χ2v) is 4.82. The highest BCUT2D eigenvalue weighted by molar-refractivity contribution is 6.07. The Morgan fingerprint density at radius 2 is 1.81 bits per heavy atom. The first kappa shape index (κ1) is 13.2. The number of fused-ring (bicyclic) bond motifs is 1. The van der Waals surface area contributed by atoms with Gasteiger partial charge in [0, 0.05) is 11.4 Å². The van der Waals surface area contributed by atoms with Gasteiger partial charge in [-0.1, -0.05) is 12.1 Å². The monoisotopic (exact) mass is 279 g/mol. The van der Waals surface area contributed by atoms with E-state index in [1.807, 2.05) is 61.5 Å². The largest absolute Gasteiger partial charge is 0.497 e. The van der Waals surface area contributed by atoms with Crippen molar-refractivity contribution in [1.82, 2.24) is 0 Å². The zero-order valence-electron chi connectivity index (χ0n) is 12.1. The molecule has 4 nitrogen and oxygen atoms in total. The first-order valence-corrected chi connectivity index (χ1v) is 6.79. The Labute approximate surface area is 124 Å². The number of methoxy groups -OCH3 is 1. The summed E-state index contributed by atoms with van der Waals surface area (Å²) in [5.41, 5.74) is 3.94. The molecule has 0 aliphatic carbocycles. The highest BCUT2D eigenvalue weighted by Crippen LogP contribution is 2.28. The summed E-state index contributed by atoms with van der Waals surface area (Å²) in [5.74, 6) is 1.64. The van der Waals surface area contributed by atoms with Crippen LogP contribution in [0.5, 0.6) is 5.75 Å².